The molecule has 0 aliphatic heterocycles. The zero-order valence-corrected chi connectivity index (χ0v) is 19.8. The zero-order valence-electron chi connectivity index (χ0n) is 18.3. The Bertz CT molecular complexity index is 1220. The van der Waals surface area contributed by atoms with E-state index in [-0.39, 0.29) is 0 Å². The van der Waals surface area contributed by atoms with Crippen LogP contribution in [0.2, 0.25) is 0 Å². The van der Waals surface area contributed by atoms with Crippen LogP contribution < -0.4 is 9.47 Å². The van der Waals surface area contributed by atoms with E-state index in [0.717, 1.165) is 69.8 Å². The molecule has 1 heterocycles. The monoisotopic (exact) mass is 490 g/mol. The van der Waals surface area contributed by atoms with Gasteiger partial charge >= 0.3 is 0 Å². The summed E-state index contributed by atoms with van der Waals surface area (Å²) in [5, 5.41) is 0. The van der Waals surface area contributed by atoms with Gasteiger partial charge in [-0.15, -0.1) is 6.58 Å². The molecule has 0 fully saturated rings. The van der Waals surface area contributed by atoms with Crippen molar-refractivity contribution in [2.75, 3.05) is 13.7 Å². The van der Waals surface area contributed by atoms with E-state index in [9.17, 15) is 0 Å². The molecule has 0 aliphatic carbocycles. The molecule has 0 bridgehead atoms. The van der Waals surface area contributed by atoms with Gasteiger partial charge in [0.05, 0.1) is 24.8 Å². The number of aromatic nitrogens is 2. The van der Waals surface area contributed by atoms with Gasteiger partial charge in [0, 0.05) is 16.6 Å². The number of nitrogens with zero attached hydrogens (tertiary/aromatic N) is 2. The molecule has 0 N–H and O–H groups in total. The van der Waals surface area contributed by atoms with E-state index in [1.807, 2.05) is 36.4 Å². The lowest BCUT2D eigenvalue weighted by molar-refractivity contribution is 0.284. The summed E-state index contributed by atoms with van der Waals surface area (Å²) in [5.74, 6) is 2.54. The van der Waals surface area contributed by atoms with Crippen LogP contribution >= 0.6 is 15.9 Å². The van der Waals surface area contributed by atoms with Gasteiger partial charge in [-0.3, -0.25) is 0 Å². The van der Waals surface area contributed by atoms with Gasteiger partial charge in [0.1, 0.15) is 5.82 Å². The number of imidazole rings is 1. The van der Waals surface area contributed by atoms with Crippen molar-refractivity contribution >= 4 is 27.0 Å². The smallest absolute Gasteiger partial charge is 0.161 e. The third-order valence-electron chi connectivity index (χ3n) is 5.38. The molecule has 4 aromatic rings. The molecule has 0 aliphatic rings. The normalized spacial score (nSPS) is 10.9. The third-order valence-corrected chi connectivity index (χ3v) is 5.87. The molecule has 0 atom stereocenters. The first-order valence-electron chi connectivity index (χ1n) is 10.8. The summed E-state index contributed by atoms with van der Waals surface area (Å²) in [5.41, 5.74) is 4.44. The number of aryl methyl sites for hydroxylation is 1. The average Bonchev–Trinajstić information content (AvgIpc) is 3.18. The first-order valence-corrected chi connectivity index (χ1v) is 11.6. The highest BCUT2D eigenvalue weighted by Crippen LogP contribution is 2.29. The van der Waals surface area contributed by atoms with Crippen LogP contribution in [0.25, 0.3) is 22.4 Å². The quantitative estimate of drug-likeness (QED) is 0.176. The highest BCUT2D eigenvalue weighted by atomic mass is 79.9. The van der Waals surface area contributed by atoms with E-state index in [1.54, 1.807) is 7.11 Å². The van der Waals surface area contributed by atoms with Gasteiger partial charge in [-0.2, -0.15) is 0 Å². The fraction of sp³-hybridized carbons (Fsp3) is 0.222. The van der Waals surface area contributed by atoms with Crippen molar-refractivity contribution in [3.05, 3.63) is 89.4 Å². The fourth-order valence-corrected chi connectivity index (χ4v) is 4.23. The van der Waals surface area contributed by atoms with E-state index in [4.69, 9.17) is 14.5 Å². The van der Waals surface area contributed by atoms with Crippen LogP contribution in [-0.4, -0.2) is 23.3 Å². The van der Waals surface area contributed by atoms with E-state index >= 15 is 0 Å². The minimum absolute atomic E-state index is 0.635. The van der Waals surface area contributed by atoms with E-state index in [0.29, 0.717) is 6.61 Å². The molecular formula is C27H27BrN2O2. The molecular weight excluding hydrogens is 464 g/mol. The molecule has 3 aromatic carbocycles. The Morgan fingerprint density at radius 1 is 1.00 bits per heavy atom. The van der Waals surface area contributed by atoms with Crippen LogP contribution in [-0.2, 0) is 13.0 Å². The Hall–Kier alpha value is -3.05. The molecule has 1 aromatic heterocycles. The van der Waals surface area contributed by atoms with Crippen molar-refractivity contribution in [1.29, 1.82) is 0 Å². The molecule has 0 saturated carbocycles. The Labute approximate surface area is 197 Å². The van der Waals surface area contributed by atoms with Crippen molar-refractivity contribution in [2.45, 2.75) is 25.8 Å². The second-order valence-corrected chi connectivity index (χ2v) is 8.54. The second kappa shape index (κ2) is 10.5. The SMILES string of the molecule is C=CCc1ccc(OCCCCn2c(-c3cccc(Br)c3)nc3ccccc32)c(OC)c1. The molecule has 0 spiro atoms. The molecule has 164 valence electrons. The van der Waals surface area contributed by atoms with Gasteiger partial charge in [0.25, 0.3) is 0 Å². The van der Waals surface area contributed by atoms with Gasteiger partial charge in [0.2, 0.25) is 0 Å². The number of halogens is 1. The summed E-state index contributed by atoms with van der Waals surface area (Å²) in [6.45, 7) is 5.30. The molecule has 32 heavy (non-hydrogen) atoms. The van der Waals surface area contributed by atoms with Gasteiger partial charge in [0.15, 0.2) is 11.5 Å². The predicted octanol–water partition coefficient (Wildman–Crippen LogP) is 7.06. The van der Waals surface area contributed by atoms with E-state index in [2.05, 4.69) is 63.5 Å². The molecule has 4 nitrogen and oxygen atoms in total. The van der Waals surface area contributed by atoms with Crippen LogP contribution in [0.3, 0.4) is 0 Å². The second-order valence-electron chi connectivity index (χ2n) is 7.62. The number of fused-ring (bicyclic) bond motifs is 1. The summed E-state index contributed by atoms with van der Waals surface area (Å²) < 4.78 is 14.9. The number of hydrogen-bond donors (Lipinski definition) is 0. The highest BCUT2D eigenvalue weighted by molar-refractivity contribution is 9.10. The summed E-state index contributed by atoms with van der Waals surface area (Å²) in [6, 6.07) is 22.7. The first-order chi connectivity index (χ1) is 15.7. The Balaban J connectivity index is 1.43. The molecule has 5 heteroatoms. The van der Waals surface area contributed by atoms with Crippen LogP contribution in [0.1, 0.15) is 18.4 Å². The number of rotatable bonds is 10. The van der Waals surface area contributed by atoms with E-state index in [1.165, 1.54) is 0 Å². The van der Waals surface area contributed by atoms with Crippen molar-refractivity contribution in [1.82, 2.24) is 9.55 Å². The Morgan fingerprint density at radius 2 is 1.88 bits per heavy atom. The third kappa shape index (κ3) is 5.05. The number of hydrogen-bond acceptors (Lipinski definition) is 3. The largest absolute Gasteiger partial charge is 0.493 e. The minimum atomic E-state index is 0.635. The summed E-state index contributed by atoms with van der Waals surface area (Å²) in [7, 11) is 1.67. The van der Waals surface area contributed by atoms with Crippen molar-refractivity contribution in [2.24, 2.45) is 0 Å². The van der Waals surface area contributed by atoms with Crippen molar-refractivity contribution < 1.29 is 9.47 Å². The molecule has 0 amide bonds. The number of ether oxygens (including phenoxy) is 2. The van der Waals surface area contributed by atoms with Gasteiger partial charge in [-0.25, -0.2) is 4.98 Å². The standard InChI is InChI=1S/C27H27BrN2O2/c1-3-9-20-14-15-25(26(18-20)31-2)32-17-7-6-16-30-24-13-5-4-12-23(24)29-27(30)21-10-8-11-22(28)19-21/h3-5,8,10-15,18-19H,1,6-7,9,16-17H2,2H3. The number of methoxy groups -OCH3 is 1. The predicted molar refractivity (Wildman–Crippen MR) is 134 cm³/mol. The summed E-state index contributed by atoms with van der Waals surface area (Å²) in [6.07, 6.45) is 4.62. The van der Waals surface area contributed by atoms with Gasteiger partial charge < -0.3 is 14.0 Å². The number of unbranched alkanes of at least 4 members (excludes halogenated alkanes) is 1. The maximum absolute atomic E-state index is 6.02. The Kier molecular flexibility index (Phi) is 7.28. The van der Waals surface area contributed by atoms with Crippen molar-refractivity contribution in [3.8, 4) is 22.9 Å². The number of para-hydroxylation sites is 2. The average molecular weight is 491 g/mol. The zero-order chi connectivity index (χ0) is 22.3. The summed E-state index contributed by atoms with van der Waals surface area (Å²) in [4.78, 5) is 4.90. The topological polar surface area (TPSA) is 36.3 Å². The van der Waals surface area contributed by atoms with Gasteiger partial charge in [-0.05, 0) is 61.2 Å². The lowest BCUT2D eigenvalue weighted by Crippen LogP contribution is -2.04. The number of allylic oxidation sites excluding steroid dienone is 1. The molecule has 4 rings (SSSR count). The van der Waals surface area contributed by atoms with Crippen LogP contribution in [0.15, 0.2) is 83.9 Å². The maximum atomic E-state index is 6.02. The highest BCUT2D eigenvalue weighted by Gasteiger charge is 2.12. The van der Waals surface area contributed by atoms with Gasteiger partial charge in [-0.1, -0.05) is 52.3 Å². The molecule has 0 saturated heterocycles. The molecule has 0 radical (unpaired) electrons. The first kappa shape index (κ1) is 22.2. The number of benzene rings is 3. The maximum Gasteiger partial charge on any atom is 0.161 e. The van der Waals surface area contributed by atoms with Crippen LogP contribution in [0.4, 0.5) is 0 Å². The lowest BCUT2D eigenvalue weighted by atomic mass is 10.1. The summed E-state index contributed by atoms with van der Waals surface area (Å²) >= 11 is 3.58. The van der Waals surface area contributed by atoms with Crippen molar-refractivity contribution in [3.63, 3.8) is 0 Å². The molecule has 0 unspecified atom stereocenters. The Morgan fingerprint density at radius 3 is 2.69 bits per heavy atom. The fourth-order valence-electron chi connectivity index (χ4n) is 3.83. The van der Waals surface area contributed by atoms with Crippen LogP contribution in [0, 0.1) is 0 Å². The van der Waals surface area contributed by atoms with E-state index < -0.39 is 0 Å². The lowest BCUT2D eigenvalue weighted by Gasteiger charge is -2.13. The van der Waals surface area contributed by atoms with Crippen LogP contribution in [0.5, 0.6) is 11.5 Å². The minimum Gasteiger partial charge on any atom is -0.493 e.